The summed E-state index contributed by atoms with van der Waals surface area (Å²) in [6, 6.07) is 4.69. The third-order valence-corrected chi connectivity index (χ3v) is 5.46. The molecular weight excluding hydrogens is 337 g/mol. The standard InChI is InChI=1S/C20H26FNO4/c1-19(2,3)26-18(25)22-8-6-20(7-9-22)12-13(10-17(23)24)15-5-4-14(21)11-16(15)20/h4-5,11,13H,6-10,12H2,1-3H3,(H,23,24). The first kappa shape index (κ1) is 18.7. The van der Waals surface area contributed by atoms with E-state index in [2.05, 4.69) is 0 Å². The number of halogens is 1. The molecule has 1 N–H and O–H groups in total. The number of likely N-dealkylation sites (tertiary alicyclic amines) is 1. The summed E-state index contributed by atoms with van der Waals surface area (Å²) in [5.41, 5.74) is 1.07. The molecule has 1 aliphatic heterocycles. The zero-order chi connectivity index (χ0) is 19.1. The van der Waals surface area contributed by atoms with Gasteiger partial charge in [-0.3, -0.25) is 4.79 Å². The summed E-state index contributed by atoms with van der Waals surface area (Å²) in [7, 11) is 0. The van der Waals surface area contributed by atoms with Crippen LogP contribution in [0.15, 0.2) is 18.2 Å². The van der Waals surface area contributed by atoms with Crippen LogP contribution in [0.2, 0.25) is 0 Å². The fourth-order valence-electron chi connectivity index (χ4n) is 4.35. The Bertz CT molecular complexity index is 717. The molecule has 3 rings (SSSR count). The molecule has 1 fully saturated rings. The Morgan fingerprint density at radius 3 is 2.54 bits per heavy atom. The van der Waals surface area contributed by atoms with Gasteiger partial charge in [-0.15, -0.1) is 0 Å². The zero-order valence-corrected chi connectivity index (χ0v) is 15.5. The molecule has 6 heteroatoms. The minimum absolute atomic E-state index is 0.0517. The third kappa shape index (κ3) is 3.69. The zero-order valence-electron chi connectivity index (χ0n) is 15.5. The molecule has 1 aliphatic carbocycles. The maximum absolute atomic E-state index is 13.9. The molecule has 1 atom stereocenters. The molecule has 0 bridgehead atoms. The quantitative estimate of drug-likeness (QED) is 0.861. The number of hydrogen-bond acceptors (Lipinski definition) is 3. The highest BCUT2D eigenvalue weighted by Crippen LogP contribution is 2.53. The predicted octanol–water partition coefficient (Wildman–Crippen LogP) is 4.06. The van der Waals surface area contributed by atoms with Crippen molar-refractivity contribution in [1.82, 2.24) is 4.90 Å². The molecule has 0 saturated carbocycles. The molecule has 1 heterocycles. The molecule has 26 heavy (non-hydrogen) atoms. The van der Waals surface area contributed by atoms with E-state index < -0.39 is 11.6 Å². The Hall–Kier alpha value is -2.11. The molecule has 1 unspecified atom stereocenters. The number of aliphatic carboxylic acids is 1. The van der Waals surface area contributed by atoms with E-state index in [0.717, 1.165) is 11.1 Å². The SMILES string of the molecule is CC(C)(C)OC(=O)N1CCC2(CC1)CC(CC(=O)O)c1ccc(F)cc12. The van der Waals surface area contributed by atoms with E-state index in [9.17, 15) is 19.1 Å². The van der Waals surface area contributed by atoms with Gasteiger partial charge >= 0.3 is 12.1 Å². The molecule has 1 amide bonds. The predicted molar refractivity (Wildman–Crippen MR) is 94.7 cm³/mol. The van der Waals surface area contributed by atoms with Crippen LogP contribution in [0, 0.1) is 5.82 Å². The molecule has 0 aromatic heterocycles. The minimum Gasteiger partial charge on any atom is -0.481 e. The lowest BCUT2D eigenvalue weighted by molar-refractivity contribution is -0.137. The first-order valence-corrected chi connectivity index (χ1v) is 9.09. The maximum atomic E-state index is 13.9. The molecule has 5 nitrogen and oxygen atoms in total. The summed E-state index contributed by atoms with van der Waals surface area (Å²) in [6.45, 7) is 6.57. The van der Waals surface area contributed by atoms with Crippen molar-refractivity contribution in [3.8, 4) is 0 Å². The monoisotopic (exact) mass is 363 g/mol. The average molecular weight is 363 g/mol. The largest absolute Gasteiger partial charge is 0.481 e. The van der Waals surface area contributed by atoms with Gasteiger partial charge in [0.05, 0.1) is 6.42 Å². The topological polar surface area (TPSA) is 66.8 Å². The summed E-state index contributed by atoms with van der Waals surface area (Å²) >= 11 is 0. The van der Waals surface area contributed by atoms with E-state index in [1.807, 2.05) is 20.8 Å². The highest BCUT2D eigenvalue weighted by Gasteiger charge is 2.46. The van der Waals surface area contributed by atoms with Crippen LogP contribution >= 0.6 is 0 Å². The van der Waals surface area contributed by atoms with Gasteiger partial charge in [0.2, 0.25) is 0 Å². The van der Waals surface area contributed by atoms with Crippen LogP contribution in [0.25, 0.3) is 0 Å². The number of amides is 1. The van der Waals surface area contributed by atoms with Crippen molar-refractivity contribution >= 4 is 12.1 Å². The first-order chi connectivity index (χ1) is 12.1. The van der Waals surface area contributed by atoms with Gasteiger partial charge in [-0.1, -0.05) is 6.07 Å². The van der Waals surface area contributed by atoms with Gasteiger partial charge in [0, 0.05) is 13.1 Å². The second kappa shape index (κ2) is 6.56. The van der Waals surface area contributed by atoms with Crippen molar-refractivity contribution in [2.24, 2.45) is 0 Å². The Kier molecular flexibility index (Phi) is 4.71. The first-order valence-electron chi connectivity index (χ1n) is 9.09. The maximum Gasteiger partial charge on any atom is 0.410 e. The summed E-state index contributed by atoms with van der Waals surface area (Å²) < 4.78 is 19.3. The lowest BCUT2D eigenvalue weighted by Gasteiger charge is -2.40. The van der Waals surface area contributed by atoms with Crippen LogP contribution in [0.3, 0.4) is 0 Å². The van der Waals surface area contributed by atoms with Gasteiger partial charge in [0.25, 0.3) is 0 Å². The van der Waals surface area contributed by atoms with Crippen LogP contribution < -0.4 is 0 Å². The van der Waals surface area contributed by atoms with Crippen LogP contribution in [-0.2, 0) is 14.9 Å². The minimum atomic E-state index is -0.839. The van der Waals surface area contributed by atoms with Crippen molar-refractivity contribution in [3.63, 3.8) is 0 Å². The van der Waals surface area contributed by atoms with Crippen molar-refractivity contribution in [2.75, 3.05) is 13.1 Å². The number of rotatable bonds is 2. The summed E-state index contributed by atoms with van der Waals surface area (Å²) in [5.74, 6) is -1.24. The fourth-order valence-corrected chi connectivity index (χ4v) is 4.35. The van der Waals surface area contributed by atoms with E-state index in [1.165, 1.54) is 6.07 Å². The van der Waals surface area contributed by atoms with Crippen molar-refractivity contribution in [1.29, 1.82) is 0 Å². The van der Waals surface area contributed by atoms with E-state index in [-0.39, 0.29) is 29.7 Å². The number of nitrogens with zero attached hydrogens (tertiary/aromatic N) is 1. The molecule has 1 saturated heterocycles. The van der Waals surface area contributed by atoms with Gasteiger partial charge in [-0.05, 0) is 74.6 Å². The van der Waals surface area contributed by atoms with Crippen molar-refractivity contribution in [3.05, 3.63) is 35.1 Å². The number of carboxylic acids is 1. The van der Waals surface area contributed by atoms with Gasteiger partial charge in [-0.2, -0.15) is 0 Å². The van der Waals surface area contributed by atoms with Crippen molar-refractivity contribution in [2.45, 2.75) is 63.4 Å². The molecule has 1 aromatic carbocycles. The molecule has 1 spiro atoms. The number of ether oxygens (including phenoxy) is 1. The van der Waals surface area contributed by atoms with Crippen LogP contribution in [-0.4, -0.2) is 40.8 Å². The Balaban J connectivity index is 1.79. The third-order valence-electron chi connectivity index (χ3n) is 5.46. The van der Waals surface area contributed by atoms with Crippen molar-refractivity contribution < 1.29 is 23.8 Å². The van der Waals surface area contributed by atoms with E-state index in [1.54, 1.807) is 17.0 Å². The van der Waals surface area contributed by atoms with Gasteiger partial charge in [-0.25, -0.2) is 9.18 Å². The number of hydrogen-bond donors (Lipinski definition) is 1. The number of carboxylic acid groups (broad SMARTS) is 1. The Morgan fingerprint density at radius 2 is 1.96 bits per heavy atom. The molecule has 142 valence electrons. The normalized spacial score (nSPS) is 21.5. The van der Waals surface area contributed by atoms with Crippen LogP contribution in [0.4, 0.5) is 9.18 Å². The van der Waals surface area contributed by atoms with Crippen LogP contribution in [0.1, 0.15) is 63.5 Å². The second-order valence-electron chi connectivity index (χ2n) is 8.48. The fraction of sp³-hybridized carbons (Fsp3) is 0.600. The van der Waals surface area contributed by atoms with Gasteiger partial charge in [0.15, 0.2) is 0 Å². The smallest absolute Gasteiger partial charge is 0.410 e. The number of piperidine rings is 1. The molecule has 2 aliphatic rings. The second-order valence-corrected chi connectivity index (χ2v) is 8.48. The van der Waals surface area contributed by atoms with E-state index in [4.69, 9.17) is 4.74 Å². The average Bonchev–Trinajstić information content (AvgIpc) is 2.79. The number of carbonyl (C=O) groups is 2. The molecule has 0 radical (unpaired) electrons. The summed E-state index contributed by atoms with van der Waals surface area (Å²) in [5, 5.41) is 9.22. The van der Waals surface area contributed by atoms with Gasteiger partial charge < -0.3 is 14.7 Å². The van der Waals surface area contributed by atoms with E-state index >= 15 is 0 Å². The highest BCUT2D eigenvalue weighted by atomic mass is 19.1. The number of benzene rings is 1. The Labute approximate surface area is 153 Å². The highest BCUT2D eigenvalue weighted by molar-refractivity contribution is 5.69. The van der Waals surface area contributed by atoms with Crippen LogP contribution in [0.5, 0.6) is 0 Å². The Morgan fingerprint density at radius 1 is 1.31 bits per heavy atom. The lowest BCUT2D eigenvalue weighted by atomic mass is 9.73. The van der Waals surface area contributed by atoms with Gasteiger partial charge in [0.1, 0.15) is 11.4 Å². The summed E-state index contributed by atoms with van der Waals surface area (Å²) in [6.07, 6.45) is 1.81. The number of carbonyl (C=O) groups excluding carboxylic acids is 1. The number of fused-ring (bicyclic) bond motifs is 2. The van der Waals surface area contributed by atoms with E-state index in [0.29, 0.717) is 32.4 Å². The molecular formula is C20H26FNO4. The lowest BCUT2D eigenvalue weighted by Crippen LogP contribution is -2.46. The molecule has 1 aromatic rings. The summed E-state index contributed by atoms with van der Waals surface area (Å²) in [4.78, 5) is 25.2.